The zero-order valence-electron chi connectivity index (χ0n) is 9.73. The van der Waals surface area contributed by atoms with Crippen LogP contribution < -0.4 is 5.32 Å². The highest BCUT2D eigenvalue weighted by molar-refractivity contribution is 5.83. The molecule has 0 aromatic carbocycles. The standard InChI is InChI=1S/C12H23NO/c1-4-10(3)13-11(14)12(5-2)8-6-7-9-12/h10H,4-9H2,1-3H3,(H,13,14). The van der Waals surface area contributed by atoms with Crippen LogP contribution in [0.25, 0.3) is 0 Å². The van der Waals surface area contributed by atoms with Gasteiger partial charge in [0.2, 0.25) is 5.91 Å². The Morgan fingerprint density at radius 1 is 1.36 bits per heavy atom. The van der Waals surface area contributed by atoms with E-state index < -0.39 is 0 Å². The van der Waals surface area contributed by atoms with Crippen LogP contribution in [0.4, 0.5) is 0 Å². The van der Waals surface area contributed by atoms with E-state index in [1.807, 2.05) is 0 Å². The van der Waals surface area contributed by atoms with Crippen LogP contribution in [0.1, 0.15) is 59.3 Å². The van der Waals surface area contributed by atoms with Gasteiger partial charge in [0, 0.05) is 11.5 Å². The Bertz CT molecular complexity index is 194. The summed E-state index contributed by atoms with van der Waals surface area (Å²) in [6.07, 6.45) is 6.64. The van der Waals surface area contributed by atoms with Gasteiger partial charge in [0.15, 0.2) is 0 Å². The van der Waals surface area contributed by atoms with Gasteiger partial charge in [0.1, 0.15) is 0 Å². The molecule has 1 fully saturated rings. The molecule has 2 nitrogen and oxygen atoms in total. The summed E-state index contributed by atoms with van der Waals surface area (Å²) in [5.41, 5.74) is -0.0244. The van der Waals surface area contributed by atoms with Crippen molar-refractivity contribution in [3.8, 4) is 0 Å². The second kappa shape index (κ2) is 4.81. The Labute approximate surface area is 87.5 Å². The molecule has 1 rings (SSSR count). The quantitative estimate of drug-likeness (QED) is 0.737. The molecule has 0 aromatic heterocycles. The van der Waals surface area contributed by atoms with E-state index in [0.717, 1.165) is 25.7 Å². The van der Waals surface area contributed by atoms with Crippen LogP contribution in [-0.4, -0.2) is 11.9 Å². The van der Waals surface area contributed by atoms with E-state index in [1.165, 1.54) is 12.8 Å². The molecule has 0 heterocycles. The normalized spacial score (nSPS) is 21.9. The number of amides is 1. The van der Waals surface area contributed by atoms with Crippen molar-refractivity contribution in [1.82, 2.24) is 5.32 Å². The number of carbonyl (C=O) groups excluding carboxylic acids is 1. The van der Waals surface area contributed by atoms with E-state index in [9.17, 15) is 4.79 Å². The largest absolute Gasteiger partial charge is 0.353 e. The van der Waals surface area contributed by atoms with Crippen molar-refractivity contribution in [2.24, 2.45) is 5.41 Å². The monoisotopic (exact) mass is 197 g/mol. The van der Waals surface area contributed by atoms with Crippen LogP contribution in [0, 0.1) is 5.41 Å². The number of hydrogen-bond donors (Lipinski definition) is 1. The number of rotatable bonds is 4. The first kappa shape index (κ1) is 11.5. The zero-order chi connectivity index (χ0) is 10.6. The predicted molar refractivity (Wildman–Crippen MR) is 59.1 cm³/mol. The zero-order valence-corrected chi connectivity index (χ0v) is 9.73. The molecule has 1 unspecified atom stereocenters. The third-order valence-corrected chi connectivity index (χ3v) is 3.71. The Balaban J connectivity index is 2.56. The third kappa shape index (κ3) is 2.28. The molecule has 82 valence electrons. The molecule has 0 radical (unpaired) electrons. The van der Waals surface area contributed by atoms with E-state index in [4.69, 9.17) is 0 Å². The molecular formula is C12H23NO. The summed E-state index contributed by atoms with van der Waals surface area (Å²) in [4.78, 5) is 12.1. The molecule has 0 aliphatic heterocycles. The van der Waals surface area contributed by atoms with E-state index in [1.54, 1.807) is 0 Å². The highest BCUT2D eigenvalue weighted by atomic mass is 16.2. The van der Waals surface area contributed by atoms with Crippen molar-refractivity contribution >= 4 is 5.91 Å². The average Bonchev–Trinajstić information content (AvgIpc) is 2.67. The Kier molecular flexibility index (Phi) is 3.97. The molecule has 14 heavy (non-hydrogen) atoms. The van der Waals surface area contributed by atoms with Crippen molar-refractivity contribution in [2.45, 2.75) is 65.3 Å². The summed E-state index contributed by atoms with van der Waals surface area (Å²) in [5, 5.41) is 3.12. The maximum absolute atomic E-state index is 12.1. The number of carbonyl (C=O) groups is 1. The lowest BCUT2D eigenvalue weighted by molar-refractivity contribution is -0.131. The minimum Gasteiger partial charge on any atom is -0.353 e. The predicted octanol–water partition coefficient (Wildman–Crippen LogP) is 2.87. The second-order valence-electron chi connectivity index (χ2n) is 4.62. The van der Waals surface area contributed by atoms with Crippen molar-refractivity contribution in [1.29, 1.82) is 0 Å². The first-order valence-electron chi connectivity index (χ1n) is 5.95. The van der Waals surface area contributed by atoms with Gasteiger partial charge < -0.3 is 5.32 Å². The second-order valence-corrected chi connectivity index (χ2v) is 4.62. The average molecular weight is 197 g/mol. The fourth-order valence-corrected chi connectivity index (χ4v) is 2.27. The van der Waals surface area contributed by atoms with Gasteiger partial charge in [-0.1, -0.05) is 26.7 Å². The summed E-state index contributed by atoms with van der Waals surface area (Å²) < 4.78 is 0. The van der Waals surface area contributed by atoms with Gasteiger partial charge in [-0.2, -0.15) is 0 Å². The molecule has 2 heteroatoms. The summed E-state index contributed by atoms with van der Waals surface area (Å²) >= 11 is 0. The lowest BCUT2D eigenvalue weighted by Gasteiger charge is -2.27. The van der Waals surface area contributed by atoms with E-state index in [-0.39, 0.29) is 5.41 Å². The van der Waals surface area contributed by atoms with Gasteiger partial charge in [-0.05, 0) is 32.6 Å². The van der Waals surface area contributed by atoms with Gasteiger partial charge in [0.25, 0.3) is 0 Å². The summed E-state index contributed by atoms with van der Waals surface area (Å²) in [5.74, 6) is 0.298. The highest BCUT2D eigenvalue weighted by Gasteiger charge is 2.39. The van der Waals surface area contributed by atoms with Crippen LogP contribution in [0.2, 0.25) is 0 Å². The Hall–Kier alpha value is -0.530. The minimum absolute atomic E-state index is 0.0244. The summed E-state index contributed by atoms with van der Waals surface area (Å²) in [7, 11) is 0. The molecule has 0 aromatic rings. The molecule has 1 aliphatic rings. The number of hydrogen-bond acceptors (Lipinski definition) is 1. The molecule has 1 aliphatic carbocycles. The third-order valence-electron chi connectivity index (χ3n) is 3.71. The Morgan fingerprint density at radius 3 is 2.36 bits per heavy atom. The van der Waals surface area contributed by atoms with Crippen LogP contribution >= 0.6 is 0 Å². The van der Waals surface area contributed by atoms with Crippen molar-refractivity contribution in [3.63, 3.8) is 0 Å². The molecule has 1 N–H and O–H groups in total. The molecular weight excluding hydrogens is 174 g/mol. The topological polar surface area (TPSA) is 29.1 Å². The summed E-state index contributed by atoms with van der Waals surface area (Å²) in [6, 6.07) is 0.325. The smallest absolute Gasteiger partial charge is 0.226 e. The van der Waals surface area contributed by atoms with E-state index in [0.29, 0.717) is 11.9 Å². The van der Waals surface area contributed by atoms with Crippen molar-refractivity contribution < 1.29 is 4.79 Å². The minimum atomic E-state index is -0.0244. The van der Waals surface area contributed by atoms with Gasteiger partial charge in [-0.3, -0.25) is 4.79 Å². The SMILES string of the molecule is CCC(C)NC(=O)C1(CC)CCCC1. The Morgan fingerprint density at radius 2 is 1.93 bits per heavy atom. The van der Waals surface area contributed by atoms with E-state index >= 15 is 0 Å². The van der Waals surface area contributed by atoms with Crippen molar-refractivity contribution in [3.05, 3.63) is 0 Å². The van der Waals surface area contributed by atoms with Crippen LogP contribution in [-0.2, 0) is 4.79 Å². The van der Waals surface area contributed by atoms with Gasteiger partial charge in [-0.25, -0.2) is 0 Å². The maximum Gasteiger partial charge on any atom is 0.226 e. The maximum atomic E-state index is 12.1. The molecule has 0 saturated heterocycles. The van der Waals surface area contributed by atoms with E-state index in [2.05, 4.69) is 26.1 Å². The number of nitrogens with one attached hydrogen (secondary N) is 1. The fraction of sp³-hybridized carbons (Fsp3) is 0.917. The first-order chi connectivity index (χ1) is 6.64. The van der Waals surface area contributed by atoms with Gasteiger partial charge in [-0.15, -0.1) is 0 Å². The first-order valence-corrected chi connectivity index (χ1v) is 5.95. The molecule has 1 atom stereocenters. The van der Waals surface area contributed by atoms with Gasteiger partial charge >= 0.3 is 0 Å². The lowest BCUT2D eigenvalue weighted by Crippen LogP contribution is -2.42. The van der Waals surface area contributed by atoms with Crippen molar-refractivity contribution in [2.75, 3.05) is 0 Å². The van der Waals surface area contributed by atoms with Gasteiger partial charge in [0.05, 0.1) is 0 Å². The highest BCUT2D eigenvalue weighted by Crippen LogP contribution is 2.41. The van der Waals surface area contributed by atoms with Crippen LogP contribution in [0.15, 0.2) is 0 Å². The van der Waals surface area contributed by atoms with Crippen LogP contribution in [0.5, 0.6) is 0 Å². The fourth-order valence-electron chi connectivity index (χ4n) is 2.27. The molecule has 0 spiro atoms. The van der Waals surface area contributed by atoms with Crippen LogP contribution in [0.3, 0.4) is 0 Å². The lowest BCUT2D eigenvalue weighted by atomic mass is 9.82. The molecule has 1 saturated carbocycles. The molecule has 1 amide bonds. The summed E-state index contributed by atoms with van der Waals surface area (Å²) in [6.45, 7) is 6.33. The molecule has 0 bridgehead atoms.